The second kappa shape index (κ2) is 7.32. The van der Waals surface area contributed by atoms with Crippen molar-refractivity contribution in [3.05, 3.63) is 30.3 Å². The second-order valence-corrected chi connectivity index (χ2v) is 7.15. The lowest BCUT2D eigenvalue weighted by molar-refractivity contribution is -0.127. The summed E-state index contributed by atoms with van der Waals surface area (Å²) in [5, 5.41) is 0. The van der Waals surface area contributed by atoms with E-state index in [4.69, 9.17) is 0 Å². The van der Waals surface area contributed by atoms with E-state index in [1.165, 1.54) is 43.8 Å². The van der Waals surface area contributed by atoms with Crippen LogP contribution in [0.5, 0.6) is 0 Å². The van der Waals surface area contributed by atoms with Gasteiger partial charge in [-0.15, -0.1) is 11.8 Å². The number of hydrogen-bond donors (Lipinski definition) is 0. The molecule has 2 aliphatic rings. The highest BCUT2D eigenvalue weighted by Crippen LogP contribution is 2.22. The van der Waals surface area contributed by atoms with E-state index >= 15 is 0 Å². The van der Waals surface area contributed by atoms with Crippen molar-refractivity contribution in [2.24, 2.45) is 5.92 Å². The zero-order chi connectivity index (χ0) is 14.5. The van der Waals surface area contributed by atoms with Crippen molar-refractivity contribution in [1.29, 1.82) is 0 Å². The van der Waals surface area contributed by atoms with Gasteiger partial charge >= 0.3 is 0 Å². The van der Waals surface area contributed by atoms with Gasteiger partial charge in [-0.05, 0) is 50.4 Å². The van der Waals surface area contributed by atoms with Crippen LogP contribution in [0.4, 0.5) is 0 Å². The summed E-state index contributed by atoms with van der Waals surface area (Å²) < 4.78 is 0. The van der Waals surface area contributed by atoms with E-state index < -0.39 is 0 Å². The van der Waals surface area contributed by atoms with Gasteiger partial charge in [-0.25, -0.2) is 0 Å². The van der Waals surface area contributed by atoms with Crippen molar-refractivity contribution in [2.45, 2.75) is 24.2 Å². The first-order valence-corrected chi connectivity index (χ1v) is 8.98. The summed E-state index contributed by atoms with van der Waals surface area (Å²) in [6.07, 6.45) is 3.88. The van der Waals surface area contributed by atoms with Crippen LogP contribution >= 0.6 is 11.8 Å². The molecule has 2 saturated heterocycles. The van der Waals surface area contributed by atoms with Gasteiger partial charge in [0, 0.05) is 24.5 Å². The third-order valence-electron chi connectivity index (χ3n) is 4.46. The zero-order valence-corrected chi connectivity index (χ0v) is 13.4. The van der Waals surface area contributed by atoms with Crippen LogP contribution in [0.3, 0.4) is 0 Å². The topological polar surface area (TPSA) is 23.6 Å². The maximum absolute atomic E-state index is 12.3. The van der Waals surface area contributed by atoms with E-state index in [2.05, 4.69) is 21.9 Å². The molecule has 21 heavy (non-hydrogen) atoms. The molecule has 2 aliphatic heterocycles. The van der Waals surface area contributed by atoms with E-state index in [0.717, 1.165) is 13.1 Å². The third kappa shape index (κ3) is 4.24. The average Bonchev–Trinajstić information content (AvgIpc) is 3.18. The van der Waals surface area contributed by atoms with Gasteiger partial charge in [0.2, 0.25) is 5.91 Å². The summed E-state index contributed by atoms with van der Waals surface area (Å²) in [4.78, 5) is 18.1. The minimum absolute atomic E-state index is 0.299. The van der Waals surface area contributed by atoms with Crippen LogP contribution in [0.25, 0.3) is 0 Å². The molecule has 0 radical (unpaired) electrons. The van der Waals surface area contributed by atoms with E-state index in [9.17, 15) is 4.79 Å². The molecule has 3 nitrogen and oxygen atoms in total. The fourth-order valence-corrected chi connectivity index (χ4v) is 4.11. The van der Waals surface area contributed by atoms with Gasteiger partial charge in [0.15, 0.2) is 0 Å². The minimum Gasteiger partial charge on any atom is -0.342 e. The molecule has 3 rings (SSSR count). The maximum atomic E-state index is 12.3. The van der Waals surface area contributed by atoms with E-state index in [-0.39, 0.29) is 0 Å². The lowest BCUT2D eigenvalue weighted by Gasteiger charge is -2.20. The first-order valence-electron chi connectivity index (χ1n) is 7.99. The summed E-state index contributed by atoms with van der Waals surface area (Å²) in [5.41, 5.74) is 0. The van der Waals surface area contributed by atoms with Gasteiger partial charge in [-0.1, -0.05) is 18.2 Å². The molecule has 0 spiro atoms. The Morgan fingerprint density at radius 3 is 2.67 bits per heavy atom. The van der Waals surface area contributed by atoms with E-state index in [0.29, 0.717) is 17.6 Å². The molecule has 0 N–H and O–H groups in total. The fourth-order valence-electron chi connectivity index (χ4n) is 3.29. The molecule has 1 aromatic carbocycles. The molecule has 114 valence electrons. The number of hydrogen-bond acceptors (Lipinski definition) is 3. The quantitative estimate of drug-likeness (QED) is 0.782. The summed E-state index contributed by atoms with van der Waals surface area (Å²) in [6.45, 7) is 5.62. The minimum atomic E-state index is 0.299. The van der Waals surface area contributed by atoms with Crippen molar-refractivity contribution in [3.63, 3.8) is 0 Å². The number of amides is 1. The first-order chi connectivity index (χ1) is 10.3. The molecule has 2 fully saturated rings. The molecule has 1 amide bonds. The van der Waals surface area contributed by atoms with Crippen LogP contribution in [0.2, 0.25) is 0 Å². The highest BCUT2D eigenvalue weighted by Gasteiger charge is 2.28. The molecular weight excluding hydrogens is 280 g/mol. The van der Waals surface area contributed by atoms with Crippen LogP contribution < -0.4 is 0 Å². The molecule has 1 aromatic rings. The third-order valence-corrected chi connectivity index (χ3v) is 5.46. The highest BCUT2D eigenvalue weighted by molar-refractivity contribution is 8.00. The van der Waals surface area contributed by atoms with Gasteiger partial charge in [-0.2, -0.15) is 0 Å². The first kappa shape index (κ1) is 14.9. The predicted octanol–water partition coefficient (Wildman–Crippen LogP) is 2.72. The molecular formula is C17H24N2OS. The van der Waals surface area contributed by atoms with Crippen molar-refractivity contribution in [3.8, 4) is 0 Å². The summed E-state index contributed by atoms with van der Waals surface area (Å²) >= 11 is 1.65. The Morgan fingerprint density at radius 2 is 1.90 bits per heavy atom. The summed E-state index contributed by atoms with van der Waals surface area (Å²) in [7, 11) is 0. The average molecular weight is 304 g/mol. The van der Waals surface area contributed by atoms with Crippen LogP contribution in [0, 0.1) is 5.92 Å². The number of rotatable bonds is 5. The number of carbonyl (C=O) groups is 1. The molecule has 0 aliphatic carbocycles. The smallest absolute Gasteiger partial charge is 0.232 e. The normalized spacial score (nSPS) is 22.9. The SMILES string of the molecule is O=C(CSc1ccccc1)N1CC[C@@H](CN2CCCC2)C1. The Morgan fingerprint density at radius 1 is 1.14 bits per heavy atom. The molecule has 1 atom stereocenters. The Kier molecular flexibility index (Phi) is 5.20. The van der Waals surface area contributed by atoms with Crippen LogP contribution in [-0.4, -0.2) is 54.2 Å². The lowest BCUT2D eigenvalue weighted by atomic mass is 10.1. The molecule has 4 heteroatoms. The van der Waals surface area contributed by atoms with E-state index in [1.54, 1.807) is 11.8 Å². The Bertz CT molecular complexity index is 459. The Labute approximate surface area is 131 Å². The van der Waals surface area contributed by atoms with Crippen LogP contribution in [-0.2, 0) is 4.79 Å². The number of carbonyl (C=O) groups excluding carboxylic acids is 1. The highest BCUT2D eigenvalue weighted by atomic mass is 32.2. The molecule has 0 bridgehead atoms. The van der Waals surface area contributed by atoms with Gasteiger partial charge in [0.1, 0.15) is 0 Å². The largest absolute Gasteiger partial charge is 0.342 e. The number of likely N-dealkylation sites (tertiary alicyclic amines) is 2. The molecule has 0 unspecified atom stereocenters. The Hall–Kier alpha value is -1.00. The molecule has 0 aromatic heterocycles. The number of benzene rings is 1. The van der Waals surface area contributed by atoms with E-state index in [1.807, 2.05) is 18.2 Å². The van der Waals surface area contributed by atoms with Crippen LogP contribution in [0.1, 0.15) is 19.3 Å². The number of thioether (sulfide) groups is 1. The predicted molar refractivity (Wildman–Crippen MR) is 87.5 cm³/mol. The van der Waals surface area contributed by atoms with Crippen molar-refractivity contribution >= 4 is 17.7 Å². The standard InChI is InChI=1S/C17H24N2OS/c20-17(14-21-16-6-2-1-3-7-16)19-11-8-15(13-19)12-18-9-4-5-10-18/h1-3,6-7,15H,4-5,8-14H2/t15-/m0/s1. The number of nitrogens with zero attached hydrogens (tertiary/aromatic N) is 2. The molecule has 2 heterocycles. The van der Waals surface area contributed by atoms with Crippen molar-refractivity contribution < 1.29 is 4.79 Å². The fraction of sp³-hybridized carbons (Fsp3) is 0.588. The van der Waals surface area contributed by atoms with Gasteiger partial charge in [0.05, 0.1) is 5.75 Å². The zero-order valence-electron chi connectivity index (χ0n) is 12.5. The Balaban J connectivity index is 1.41. The van der Waals surface area contributed by atoms with Crippen LogP contribution in [0.15, 0.2) is 35.2 Å². The second-order valence-electron chi connectivity index (χ2n) is 6.10. The molecule has 0 saturated carbocycles. The summed E-state index contributed by atoms with van der Waals surface area (Å²) in [5.74, 6) is 1.56. The monoisotopic (exact) mass is 304 g/mol. The van der Waals surface area contributed by atoms with Crippen molar-refractivity contribution in [2.75, 3.05) is 38.5 Å². The van der Waals surface area contributed by atoms with Gasteiger partial charge in [-0.3, -0.25) is 4.79 Å². The maximum Gasteiger partial charge on any atom is 0.232 e. The van der Waals surface area contributed by atoms with Crippen molar-refractivity contribution in [1.82, 2.24) is 9.80 Å². The lowest BCUT2D eigenvalue weighted by Crippen LogP contribution is -2.32. The summed E-state index contributed by atoms with van der Waals surface area (Å²) in [6, 6.07) is 10.2. The van der Waals surface area contributed by atoms with Gasteiger partial charge < -0.3 is 9.80 Å². The van der Waals surface area contributed by atoms with Gasteiger partial charge in [0.25, 0.3) is 0 Å².